The Morgan fingerprint density at radius 2 is 2.00 bits per heavy atom. The number of nitrogens with zero attached hydrogens (tertiary/aromatic N) is 5. The van der Waals surface area contributed by atoms with E-state index in [4.69, 9.17) is 4.98 Å². The summed E-state index contributed by atoms with van der Waals surface area (Å²) in [5.41, 5.74) is 2.96. The number of aryl methyl sites for hydroxylation is 2. The molecule has 1 unspecified atom stereocenters. The maximum Gasteiger partial charge on any atom is 0.247 e. The van der Waals surface area contributed by atoms with Gasteiger partial charge in [-0.15, -0.1) is 0 Å². The fourth-order valence-electron chi connectivity index (χ4n) is 4.61. The molecule has 36 heavy (non-hydrogen) atoms. The Labute approximate surface area is 213 Å². The molecule has 188 valence electrons. The molecule has 0 saturated carbocycles. The minimum Gasteiger partial charge on any atom is -0.285 e. The Kier molecular flexibility index (Phi) is 6.62. The molecule has 1 aliphatic heterocycles. The van der Waals surface area contributed by atoms with Crippen molar-refractivity contribution in [3.05, 3.63) is 71.8 Å². The molecule has 0 radical (unpaired) electrons. The van der Waals surface area contributed by atoms with Crippen LogP contribution in [0.3, 0.4) is 0 Å². The van der Waals surface area contributed by atoms with Gasteiger partial charge in [0.25, 0.3) is 0 Å². The number of sulfonamides is 1. The van der Waals surface area contributed by atoms with Gasteiger partial charge >= 0.3 is 0 Å². The second-order valence-corrected chi connectivity index (χ2v) is 11.8. The van der Waals surface area contributed by atoms with Crippen LogP contribution in [0.4, 0.5) is 9.52 Å². The maximum atomic E-state index is 14.0. The summed E-state index contributed by atoms with van der Waals surface area (Å²) in [7, 11) is -3.98. The Morgan fingerprint density at radius 1 is 1.22 bits per heavy atom. The summed E-state index contributed by atoms with van der Waals surface area (Å²) in [5, 5.41) is 4.76. The predicted molar refractivity (Wildman–Crippen MR) is 137 cm³/mol. The molecule has 1 saturated heterocycles. The Balaban J connectivity index is 1.50. The van der Waals surface area contributed by atoms with Crippen molar-refractivity contribution in [2.45, 2.75) is 44.2 Å². The fraction of sp³-hybridized carbons (Fsp3) is 0.320. The average Bonchev–Trinajstić information content (AvgIpc) is 3.60. The molecule has 0 aliphatic carbocycles. The average molecular weight is 528 g/mol. The van der Waals surface area contributed by atoms with E-state index in [1.54, 1.807) is 15.8 Å². The number of hydrogen-bond donors (Lipinski definition) is 0. The van der Waals surface area contributed by atoms with Gasteiger partial charge in [-0.1, -0.05) is 17.4 Å². The molecule has 2 aromatic carbocycles. The molecule has 4 aromatic rings. The zero-order valence-electron chi connectivity index (χ0n) is 20.0. The molecule has 11 heteroatoms. The second kappa shape index (κ2) is 9.72. The molecular formula is C25H26FN5O3S2. The van der Waals surface area contributed by atoms with Crippen LogP contribution >= 0.6 is 11.3 Å². The van der Waals surface area contributed by atoms with Gasteiger partial charge in [-0.2, -0.15) is 9.40 Å². The van der Waals surface area contributed by atoms with Gasteiger partial charge in [-0.05, 0) is 74.2 Å². The molecule has 0 spiro atoms. The summed E-state index contributed by atoms with van der Waals surface area (Å²) >= 11 is 1.42. The molecular weight excluding hydrogens is 501 g/mol. The standard InChI is InChI=1S/C25H26FN5O3S2/c1-17-15-18(2)23-22(16-17)35-25(28-23)30(14-13-29-11-4-10-27-29)24(32)21-5-3-12-31(21)36(33,34)20-8-6-19(26)7-9-20/h4,6-11,15-16,21H,3,5,12-14H2,1-2H3. The van der Waals surface area contributed by atoms with E-state index in [1.807, 2.05) is 32.2 Å². The quantitative estimate of drug-likeness (QED) is 0.361. The zero-order valence-corrected chi connectivity index (χ0v) is 21.6. The highest BCUT2D eigenvalue weighted by atomic mass is 32.2. The van der Waals surface area contributed by atoms with E-state index >= 15 is 0 Å². The van der Waals surface area contributed by atoms with Gasteiger partial charge < -0.3 is 0 Å². The third-order valence-electron chi connectivity index (χ3n) is 6.34. The molecule has 0 bridgehead atoms. The van der Waals surface area contributed by atoms with Gasteiger partial charge in [0.2, 0.25) is 15.9 Å². The Hall–Kier alpha value is -3.15. The molecule has 1 aliphatic rings. The van der Waals surface area contributed by atoms with E-state index in [2.05, 4.69) is 11.2 Å². The third-order valence-corrected chi connectivity index (χ3v) is 9.28. The van der Waals surface area contributed by atoms with Crippen LogP contribution in [0.2, 0.25) is 0 Å². The Morgan fingerprint density at radius 3 is 2.72 bits per heavy atom. The summed E-state index contributed by atoms with van der Waals surface area (Å²) < 4.78 is 44.1. The SMILES string of the molecule is Cc1cc(C)c2nc(N(CCn3cccn3)C(=O)C3CCCN3S(=O)(=O)c3ccc(F)cc3)sc2c1. The summed E-state index contributed by atoms with van der Waals surface area (Å²) in [4.78, 5) is 20.3. The fourth-order valence-corrected chi connectivity index (χ4v) is 7.43. The number of rotatable bonds is 7. The molecule has 0 N–H and O–H groups in total. The minimum absolute atomic E-state index is 0.0298. The van der Waals surface area contributed by atoms with Gasteiger partial charge in [0.1, 0.15) is 11.9 Å². The van der Waals surface area contributed by atoms with Gasteiger partial charge in [0.05, 0.1) is 21.7 Å². The van der Waals surface area contributed by atoms with Crippen LogP contribution < -0.4 is 4.90 Å². The number of halogens is 1. The maximum absolute atomic E-state index is 14.0. The van der Waals surface area contributed by atoms with E-state index in [-0.39, 0.29) is 17.3 Å². The Bertz CT molecular complexity index is 1500. The highest BCUT2D eigenvalue weighted by molar-refractivity contribution is 7.89. The number of benzene rings is 2. The van der Waals surface area contributed by atoms with Crippen molar-refractivity contribution in [1.29, 1.82) is 0 Å². The van der Waals surface area contributed by atoms with Crippen LogP contribution in [0, 0.1) is 19.7 Å². The summed E-state index contributed by atoms with van der Waals surface area (Å²) in [5.74, 6) is -0.840. The minimum atomic E-state index is -3.98. The lowest BCUT2D eigenvalue weighted by atomic mass is 10.1. The van der Waals surface area contributed by atoms with E-state index in [9.17, 15) is 17.6 Å². The highest BCUT2D eigenvalue weighted by Crippen LogP contribution is 2.34. The largest absolute Gasteiger partial charge is 0.285 e. The number of carbonyl (C=O) groups is 1. The van der Waals surface area contributed by atoms with Crippen molar-refractivity contribution >= 4 is 42.6 Å². The number of anilines is 1. The number of hydrogen-bond acceptors (Lipinski definition) is 6. The molecule has 5 rings (SSSR count). The van der Waals surface area contributed by atoms with E-state index in [0.717, 1.165) is 33.5 Å². The van der Waals surface area contributed by atoms with Crippen LogP contribution in [-0.4, -0.2) is 52.5 Å². The lowest BCUT2D eigenvalue weighted by Crippen LogP contribution is -2.48. The van der Waals surface area contributed by atoms with Crippen LogP contribution in [0.25, 0.3) is 10.2 Å². The van der Waals surface area contributed by atoms with E-state index in [1.165, 1.54) is 27.8 Å². The molecule has 1 fully saturated rings. The number of fused-ring (bicyclic) bond motifs is 1. The summed E-state index contributed by atoms with van der Waals surface area (Å²) in [6.45, 7) is 4.95. The van der Waals surface area contributed by atoms with Crippen LogP contribution in [0.5, 0.6) is 0 Å². The summed E-state index contributed by atoms with van der Waals surface area (Å²) in [6.07, 6.45) is 4.45. The highest BCUT2D eigenvalue weighted by Gasteiger charge is 2.42. The van der Waals surface area contributed by atoms with Crippen molar-refractivity contribution in [3.8, 4) is 0 Å². The normalized spacial score (nSPS) is 16.6. The molecule has 2 aromatic heterocycles. The van der Waals surface area contributed by atoms with Crippen LogP contribution in [0.15, 0.2) is 59.8 Å². The predicted octanol–water partition coefficient (Wildman–Crippen LogP) is 4.14. The van der Waals surface area contributed by atoms with Crippen LogP contribution in [0.1, 0.15) is 24.0 Å². The van der Waals surface area contributed by atoms with Gasteiger partial charge in [0.15, 0.2) is 5.13 Å². The number of aromatic nitrogens is 3. The first kappa shape index (κ1) is 24.5. The molecule has 1 amide bonds. The van der Waals surface area contributed by atoms with Crippen molar-refractivity contribution < 1.29 is 17.6 Å². The van der Waals surface area contributed by atoms with E-state index < -0.39 is 21.9 Å². The topological polar surface area (TPSA) is 88.4 Å². The summed E-state index contributed by atoms with van der Waals surface area (Å²) in [6, 6.07) is 9.73. The zero-order chi connectivity index (χ0) is 25.4. The monoisotopic (exact) mass is 527 g/mol. The van der Waals surface area contributed by atoms with Crippen molar-refractivity contribution in [1.82, 2.24) is 19.1 Å². The van der Waals surface area contributed by atoms with Gasteiger partial charge in [0, 0.05) is 25.5 Å². The smallest absolute Gasteiger partial charge is 0.247 e. The molecule has 1 atom stereocenters. The number of carbonyl (C=O) groups excluding carboxylic acids is 1. The third kappa shape index (κ3) is 4.65. The number of thiazole rings is 1. The van der Waals surface area contributed by atoms with Crippen molar-refractivity contribution in [2.75, 3.05) is 18.0 Å². The van der Waals surface area contributed by atoms with Crippen molar-refractivity contribution in [3.63, 3.8) is 0 Å². The van der Waals surface area contributed by atoms with Crippen molar-refractivity contribution in [2.24, 2.45) is 0 Å². The lowest BCUT2D eigenvalue weighted by Gasteiger charge is -2.28. The van der Waals surface area contributed by atoms with Crippen LogP contribution in [-0.2, 0) is 21.4 Å². The van der Waals surface area contributed by atoms with Gasteiger partial charge in [-0.25, -0.2) is 17.8 Å². The first-order valence-electron chi connectivity index (χ1n) is 11.7. The van der Waals surface area contributed by atoms with Gasteiger partial charge in [-0.3, -0.25) is 14.4 Å². The lowest BCUT2D eigenvalue weighted by molar-refractivity contribution is -0.121. The second-order valence-electron chi connectivity index (χ2n) is 8.91. The molecule has 8 nitrogen and oxygen atoms in total. The first-order chi connectivity index (χ1) is 17.2. The van der Waals surface area contributed by atoms with E-state index in [0.29, 0.717) is 31.1 Å². The number of amides is 1. The molecule has 3 heterocycles. The first-order valence-corrected chi connectivity index (χ1v) is 13.9.